The molecule has 0 saturated heterocycles. The number of alkyl halides is 1. The minimum absolute atomic E-state index is 0.00129. The molecule has 4 aromatic rings. The van der Waals surface area contributed by atoms with E-state index in [-0.39, 0.29) is 81.7 Å². The number of ether oxygens (including phenoxy) is 3. The van der Waals surface area contributed by atoms with E-state index in [2.05, 4.69) is 247 Å². The normalized spacial score (nSPS) is 32.1. The van der Waals surface area contributed by atoms with Gasteiger partial charge in [0, 0.05) is 93.4 Å². The van der Waals surface area contributed by atoms with Crippen molar-refractivity contribution in [3.05, 3.63) is 322 Å². The van der Waals surface area contributed by atoms with Crippen LogP contribution in [0.4, 0.5) is 14.5 Å². The first-order valence-electron chi connectivity index (χ1n) is 40.0. The van der Waals surface area contributed by atoms with Crippen LogP contribution in [0.2, 0.25) is 0 Å². The molecule has 0 radical (unpaired) electrons. The summed E-state index contributed by atoms with van der Waals surface area (Å²) in [7, 11) is 0. The minimum atomic E-state index is -0.865. The number of hydrogen-bond donors (Lipinski definition) is 0. The van der Waals surface area contributed by atoms with Gasteiger partial charge in [0.2, 0.25) is 0 Å². The van der Waals surface area contributed by atoms with Gasteiger partial charge in [0.15, 0.2) is 0 Å². The molecular weight excluding hydrogens is 1290 g/mol. The largest absolute Gasteiger partial charge is 0.493 e. The van der Waals surface area contributed by atoms with Crippen LogP contribution in [0.5, 0.6) is 11.5 Å². The number of halogens is 2. The Labute approximate surface area is 624 Å². The van der Waals surface area contributed by atoms with Crippen molar-refractivity contribution in [1.29, 1.82) is 0 Å². The van der Waals surface area contributed by atoms with Crippen LogP contribution < -0.4 is 9.64 Å². The predicted octanol–water partition coefficient (Wildman–Crippen LogP) is 25.2. The summed E-state index contributed by atoms with van der Waals surface area (Å²) in [5, 5.41) is 0. The van der Waals surface area contributed by atoms with Gasteiger partial charge < -0.3 is 24.0 Å². The molecule has 0 amide bonds. The van der Waals surface area contributed by atoms with Crippen LogP contribution in [0.3, 0.4) is 0 Å². The van der Waals surface area contributed by atoms with E-state index in [1.807, 2.05) is 42.5 Å². The Bertz CT molecular complexity index is 4590. The van der Waals surface area contributed by atoms with E-state index < -0.39 is 11.6 Å². The number of hydrogen-bond acceptors (Lipinski definition) is 5. The van der Waals surface area contributed by atoms with E-state index in [1.54, 1.807) is 0 Å². The van der Waals surface area contributed by atoms with Gasteiger partial charge in [-0.2, -0.15) is 0 Å². The Balaban J connectivity index is 0.747. The third kappa shape index (κ3) is 12.5. The lowest BCUT2D eigenvalue weighted by Gasteiger charge is -2.50. The highest BCUT2D eigenvalue weighted by Crippen LogP contribution is 2.66. The molecule has 0 spiro atoms. The minimum Gasteiger partial charge on any atom is -0.493 e. The zero-order valence-corrected chi connectivity index (χ0v) is 62.7. The van der Waals surface area contributed by atoms with Crippen molar-refractivity contribution in [2.24, 2.45) is 52.3 Å². The molecule has 0 N–H and O–H groups in total. The average Bonchev–Trinajstić information content (AvgIpc) is 1.58. The molecule has 1 heterocycles. The highest BCUT2D eigenvalue weighted by molar-refractivity contribution is 5.70. The molecule has 12 aliphatic carbocycles. The number of fused-ring (bicyclic) bond motifs is 8. The maximum absolute atomic E-state index is 15.6. The topological polar surface area (TPSA) is 34.2 Å². The van der Waals surface area contributed by atoms with Gasteiger partial charge in [-0.25, -0.2) is 8.78 Å². The molecule has 540 valence electrons. The van der Waals surface area contributed by atoms with Crippen LogP contribution in [-0.4, -0.2) is 29.3 Å². The summed E-state index contributed by atoms with van der Waals surface area (Å²) in [5.41, 5.74) is 17.7. The monoisotopic (exact) mass is 1400 g/mol. The standard InChI is InChI=1S/C98H106F2N2O3/c1-9-63-19-47-79(48-20-63)103-81-51-31-69(32-52-81)97(67-27-23-65(24-28-67)95(3,4)5)89-17-13-11-15-83(89)85-55-43-77(61-91(85)97)101(73-39-35-71(99)36-40-73)75-45-57-93-87(59-75)88-60-76(46-58-94(88)105-93)102(74-41-37-72(100)38-42-74)78-44-56-86-84-16-12-14-18-90(84)98(92(86)62-78,68-29-25-66(26-30-68)96(6,7)8)70-33-53-82(54-34-70)104-80-49-21-64(10-2)22-50-80/h9-21,25-27,29,31-33,37,39,43-44,47-49,51-56,59-62,64-65,68,70-71,74,80,83,86,88-89,92,94H,1-2,22-24,28,30,34-36,38,40-42,45-46,50,57-58H2,3-8H3. The van der Waals surface area contributed by atoms with Crippen molar-refractivity contribution in [1.82, 2.24) is 4.90 Å². The lowest BCUT2D eigenvalue weighted by atomic mass is 9.54. The molecule has 0 aromatic heterocycles. The lowest BCUT2D eigenvalue weighted by Crippen LogP contribution is -2.47. The van der Waals surface area contributed by atoms with E-state index >= 15 is 8.78 Å². The second-order valence-electron chi connectivity index (χ2n) is 34.6. The van der Waals surface area contributed by atoms with Gasteiger partial charge in [0.25, 0.3) is 0 Å². The highest BCUT2D eigenvalue weighted by Gasteiger charge is 2.59. The number of allylic oxidation sites excluding steroid dienone is 25. The molecule has 0 fully saturated rings. The van der Waals surface area contributed by atoms with Gasteiger partial charge in [-0.05, 0) is 237 Å². The molecule has 15 atom stereocenters. The Kier molecular flexibility index (Phi) is 18.4. The van der Waals surface area contributed by atoms with E-state index in [0.717, 1.165) is 111 Å². The van der Waals surface area contributed by atoms with Gasteiger partial charge in [0.1, 0.15) is 41.4 Å². The summed E-state index contributed by atoms with van der Waals surface area (Å²) >= 11 is 0. The predicted molar refractivity (Wildman–Crippen MR) is 426 cm³/mol. The molecule has 0 saturated carbocycles. The molecule has 17 rings (SSSR count). The summed E-state index contributed by atoms with van der Waals surface area (Å²) in [6, 6.07) is 34.1. The summed E-state index contributed by atoms with van der Waals surface area (Å²) in [6.45, 7) is 22.3. The maximum Gasteiger partial charge on any atom is 0.127 e. The van der Waals surface area contributed by atoms with Crippen molar-refractivity contribution in [3.63, 3.8) is 0 Å². The average molecular weight is 1400 g/mol. The molecule has 4 aromatic carbocycles. The van der Waals surface area contributed by atoms with Gasteiger partial charge in [0.05, 0.1) is 5.83 Å². The Morgan fingerprint density at radius 3 is 2.07 bits per heavy atom. The number of benzene rings is 4. The lowest BCUT2D eigenvalue weighted by molar-refractivity contribution is 0.101. The Morgan fingerprint density at radius 1 is 0.600 bits per heavy atom. The first-order chi connectivity index (χ1) is 51.0. The summed E-state index contributed by atoms with van der Waals surface area (Å²) in [5.74, 6) is 5.78. The van der Waals surface area contributed by atoms with Crippen LogP contribution in [0.25, 0.3) is 6.08 Å². The Morgan fingerprint density at radius 2 is 1.37 bits per heavy atom. The van der Waals surface area contributed by atoms with Crippen molar-refractivity contribution in [2.75, 3.05) is 4.90 Å². The first kappa shape index (κ1) is 69.4. The number of nitrogens with zero attached hydrogens (tertiary/aromatic N) is 2. The zero-order chi connectivity index (χ0) is 71.9. The van der Waals surface area contributed by atoms with Crippen molar-refractivity contribution in [2.45, 2.75) is 198 Å². The fraction of sp³-hybridized carbons (Fsp3) is 0.408. The first-order valence-corrected chi connectivity index (χ1v) is 40.0. The molecular formula is C98H106F2N2O3. The van der Waals surface area contributed by atoms with Crippen LogP contribution in [0.1, 0.15) is 196 Å². The van der Waals surface area contributed by atoms with Gasteiger partial charge in [-0.15, -0.1) is 6.58 Å². The highest BCUT2D eigenvalue weighted by atomic mass is 19.1. The second-order valence-corrected chi connectivity index (χ2v) is 34.6. The molecule has 105 heavy (non-hydrogen) atoms. The summed E-state index contributed by atoms with van der Waals surface area (Å²) in [4.78, 5) is 5.25. The van der Waals surface area contributed by atoms with Gasteiger partial charge >= 0.3 is 0 Å². The van der Waals surface area contributed by atoms with Crippen molar-refractivity contribution < 1.29 is 23.0 Å². The quantitative estimate of drug-likeness (QED) is 0.104. The fourth-order valence-electron chi connectivity index (χ4n) is 21.4. The van der Waals surface area contributed by atoms with Crippen molar-refractivity contribution >= 4 is 11.8 Å². The van der Waals surface area contributed by atoms with E-state index in [4.69, 9.17) is 14.2 Å². The zero-order valence-electron chi connectivity index (χ0n) is 62.7. The molecule has 5 nitrogen and oxygen atoms in total. The van der Waals surface area contributed by atoms with Gasteiger partial charge in [-0.1, -0.05) is 212 Å². The number of anilines is 1. The van der Waals surface area contributed by atoms with Crippen molar-refractivity contribution in [3.8, 4) is 11.5 Å². The van der Waals surface area contributed by atoms with Crippen LogP contribution in [0.15, 0.2) is 289 Å². The third-order valence-electron chi connectivity index (χ3n) is 26.8. The SMILES string of the molecule is C=Cc1ccc(Oc2ccc(C3(C4=CCC(C(C)(C)C)CC4)c4cc(N(C5=CC6=C(CC5)OC5CCC(N(C7=CC8C(C=C7)c7ccccc7C8(C7C=CC(OC8C=CC(C=C)CC8)=CC7)C7C=CC(C(C)(C)C)=CC7)C7CC=C(F)CC7)=CC65)C5=CCC(F)CC5)ccc4C4C=CC=CC43)cc2)cc1. The van der Waals surface area contributed by atoms with E-state index in [0.29, 0.717) is 43.9 Å². The number of rotatable bonds is 16. The summed E-state index contributed by atoms with van der Waals surface area (Å²) in [6.07, 6.45) is 65.2. The summed E-state index contributed by atoms with van der Waals surface area (Å²) < 4.78 is 51.7. The molecule has 13 aliphatic rings. The van der Waals surface area contributed by atoms with Crippen LogP contribution in [-0.2, 0) is 20.3 Å². The fourth-order valence-corrected chi connectivity index (χ4v) is 21.4. The van der Waals surface area contributed by atoms with Gasteiger partial charge in [-0.3, -0.25) is 0 Å². The van der Waals surface area contributed by atoms with E-state index in [1.165, 1.54) is 67.3 Å². The smallest absolute Gasteiger partial charge is 0.127 e. The Hall–Kier alpha value is -8.68. The molecule has 7 heteroatoms. The molecule has 15 unspecified atom stereocenters. The molecule has 1 aliphatic heterocycles. The molecule has 0 bridgehead atoms. The van der Waals surface area contributed by atoms with Crippen LogP contribution in [0, 0.1) is 52.3 Å². The second kappa shape index (κ2) is 27.9. The third-order valence-corrected chi connectivity index (χ3v) is 26.8. The van der Waals surface area contributed by atoms with Crippen LogP contribution >= 0.6 is 0 Å². The van der Waals surface area contributed by atoms with E-state index in [9.17, 15) is 0 Å². The maximum atomic E-state index is 15.6.